The molecule has 0 bridgehead atoms. The Bertz CT molecular complexity index is 870. The van der Waals surface area contributed by atoms with Gasteiger partial charge in [-0.1, -0.05) is 41.5 Å². The number of carbonyl (C=O) groups is 1. The molecule has 1 heterocycles. The van der Waals surface area contributed by atoms with Gasteiger partial charge in [-0.15, -0.1) is 11.5 Å². The molecule has 0 unspecified atom stereocenters. The van der Waals surface area contributed by atoms with Gasteiger partial charge in [-0.2, -0.15) is 13.2 Å². The first-order valence-corrected chi connectivity index (χ1v) is 13.9. The van der Waals surface area contributed by atoms with Gasteiger partial charge in [0.1, 0.15) is 13.8 Å². The van der Waals surface area contributed by atoms with E-state index in [1.54, 1.807) is 24.3 Å². The first-order chi connectivity index (χ1) is 15.8. The Morgan fingerprint density at radius 2 is 1.59 bits per heavy atom. The molecule has 1 aliphatic heterocycles. The molecular weight excluding hydrogens is 461 g/mol. The minimum Gasteiger partial charge on any atom is -0.497 e. The van der Waals surface area contributed by atoms with Gasteiger partial charge in [0.25, 0.3) is 0 Å². The summed E-state index contributed by atoms with van der Waals surface area (Å²) in [5, 5.41) is 0. The quantitative estimate of drug-likeness (QED) is 0.334. The summed E-state index contributed by atoms with van der Waals surface area (Å²) in [5.41, 5.74) is 5.11. The fraction of sp³-hybridized carbons (Fsp3) is 0.640. The zero-order chi connectivity index (χ0) is 25.8. The molecular formula is C25H37F3N2O3Si. The number of alkyl halides is 3. The van der Waals surface area contributed by atoms with Crippen LogP contribution >= 0.6 is 0 Å². The molecule has 0 aromatic heterocycles. The van der Waals surface area contributed by atoms with E-state index < -0.39 is 32.6 Å². The first kappa shape index (κ1) is 27.9. The van der Waals surface area contributed by atoms with Crippen molar-refractivity contribution in [3.8, 4) is 17.2 Å². The normalized spacial score (nSPS) is 19.0. The average Bonchev–Trinajstić information content (AvgIpc) is 3.15. The predicted octanol–water partition coefficient (Wildman–Crippen LogP) is 6.45. The van der Waals surface area contributed by atoms with Crippen molar-refractivity contribution < 1.29 is 27.4 Å². The van der Waals surface area contributed by atoms with Crippen LogP contribution in [-0.2, 0) is 4.74 Å². The molecule has 2 rings (SSSR count). The minimum absolute atomic E-state index is 0.000122. The summed E-state index contributed by atoms with van der Waals surface area (Å²) in [6.07, 6.45) is -7.68. The van der Waals surface area contributed by atoms with Gasteiger partial charge in [-0.05, 0) is 40.9 Å². The van der Waals surface area contributed by atoms with Crippen LogP contribution in [0.5, 0.6) is 5.75 Å². The Kier molecular flexibility index (Phi) is 8.97. The Hall–Kier alpha value is -2.34. The number of nitrogens with zero attached hydrogens (tertiary/aromatic N) is 2. The molecule has 0 saturated carbocycles. The highest BCUT2D eigenvalue weighted by Crippen LogP contribution is 2.41. The molecule has 1 saturated heterocycles. The molecule has 1 aromatic carbocycles. The molecule has 34 heavy (non-hydrogen) atoms. The highest BCUT2D eigenvalue weighted by atomic mass is 28.3. The van der Waals surface area contributed by atoms with E-state index in [1.807, 2.05) is 0 Å². The Morgan fingerprint density at radius 1 is 1.06 bits per heavy atom. The van der Waals surface area contributed by atoms with Gasteiger partial charge >= 0.3 is 12.3 Å². The molecule has 1 aromatic rings. The standard InChI is InChI=1S/C25H37F3N2O3Si/c1-17(2)34(18(3)4,19(5)6)15-9-10-21-16-29(20-11-13-22(32-7)14-12-20)23(25(26,27)28)30(21)24(31)33-8/h11-14,17-19,21,23H,10,16H2,1-8H3/t21-,23+/m0/s1. The Labute approximate surface area is 202 Å². The lowest BCUT2D eigenvalue weighted by Crippen LogP contribution is -2.53. The smallest absolute Gasteiger partial charge is 0.427 e. The summed E-state index contributed by atoms with van der Waals surface area (Å²) in [7, 11) is 0.544. The van der Waals surface area contributed by atoms with Crippen LogP contribution in [0.25, 0.3) is 0 Å². The summed E-state index contributed by atoms with van der Waals surface area (Å²) in [6.45, 7) is 13.1. The molecule has 190 valence electrons. The summed E-state index contributed by atoms with van der Waals surface area (Å²) >= 11 is 0. The zero-order valence-electron chi connectivity index (χ0n) is 21.4. The second-order valence-corrected chi connectivity index (χ2v) is 15.3. The number of amides is 1. The van der Waals surface area contributed by atoms with Gasteiger partial charge in [-0.25, -0.2) is 4.79 Å². The van der Waals surface area contributed by atoms with Crippen molar-refractivity contribution in [2.45, 2.75) is 83.0 Å². The van der Waals surface area contributed by atoms with Gasteiger partial charge in [0.15, 0.2) is 0 Å². The van der Waals surface area contributed by atoms with E-state index in [4.69, 9.17) is 9.47 Å². The molecule has 0 spiro atoms. The third kappa shape index (κ3) is 5.48. The summed E-state index contributed by atoms with van der Waals surface area (Å²) in [4.78, 5) is 14.6. The van der Waals surface area contributed by atoms with Crippen LogP contribution in [0.15, 0.2) is 24.3 Å². The highest BCUT2D eigenvalue weighted by molar-refractivity contribution is 6.90. The largest absolute Gasteiger partial charge is 0.497 e. The van der Waals surface area contributed by atoms with Crippen molar-refractivity contribution in [1.82, 2.24) is 4.90 Å². The van der Waals surface area contributed by atoms with Crippen LogP contribution in [0.3, 0.4) is 0 Å². The summed E-state index contributed by atoms with van der Waals surface area (Å²) in [5.74, 6) is 3.77. The van der Waals surface area contributed by atoms with Gasteiger partial charge in [0, 0.05) is 18.7 Å². The third-order valence-corrected chi connectivity index (χ3v) is 13.3. The minimum atomic E-state index is -4.68. The Balaban J connectivity index is 2.48. The molecule has 0 aliphatic carbocycles. The van der Waals surface area contributed by atoms with Crippen LogP contribution in [0.2, 0.25) is 16.6 Å². The van der Waals surface area contributed by atoms with E-state index in [9.17, 15) is 18.0 Å². The number of benzene rings is 1. The van der Waals surface area contributed by atoms with Crippen LogP contribution in [0, 0.1) is 11.5 Å². The van der Waals surface area contributed by atoms with Gasteiger partial charge in [0.05, 0.1) is 20.3 Å². The fourth-order valence-corrected chi connectivity index (χ4v) is 10.7. The molecule has 1 amide bonds. The van der Waals surface area contributed by atoms with Gasteiger partial charge in [-0.3, -0.25) is 4.90 Å². The lowest BCUT2D eigenvalue weighted by atomic mass is 10.2. The SMILES string of the molecule is COC(=O)N1[C@@H](CC#C[Si](C(C)C)(C(C)C)C(C)C)CN(c2ccc(OC)cc2)[C@H]1C(F)(F)F. The average molecular weight is 499 g/mol. The van der Waals surface area contributed by atoms with Crippen molar-refractivity contribution >= 4 is 19.9 Å². The molecule has 2 atom stereocenters. The Morgan fingerprint density at radius 3 is 2.00 bits per heavy atom. The molecule has 9 heteroatoms. The van der Waals surface area contributed by atoms with Crippen LogP contribution in [0.1, 0.15) is 48.0 Å². The fourth-order valence-electron chi connectivity index (χ4n) is 5.39. The molecule has 5 nitrogen and oxygen atoms in total. The van der Waals surface area contributed by atoms with Gasteiger partial charge in [0.2, 0.25) is 6.17 Å². The number of ether oxygens (including phenoxy) is 2. The molecule has 1 fully saturated rings. The predicted molar refractivity (Wildman–Crippen MR) is 132 cm³/mol. The van der Waals surface area contributed by atoms with E-state index in [1.165, 1.54) is 12.0 Å². The van der Waals surface area contributed by atoms with Crippen molar-refractivity contribution in [3.05, 3.63) is 24.3 Å². The van der Waals surface area contributed by atoms with Crippen LogP contribution in [-0.4, -0.2) is 58.2 Å². The second-order valence-electron chi connectivity index (χ2n) is 9.70. The maximum atomic E-state index is 14.2. The van der Waals surface area contributed by atoms with Crippen molar-refractivity contribution in [2.24, 2.45) is 0 Å². The van der Waals surface area contributed by atoms with E-state index >= 15 is 0 Å². The molecule has 1 aliphatic rings. The topological polar surface area (TPSA) is 42.0 Å². The lowest BCUT2D eigenvalue weighted by Gasteiger charge is -2.38. The van der Waals surface area contributed by atoms with Crippen LogP contribution < -0.4 is 9.64 Å². The maximum Gasteiger partial charge on any atom is 0.427 e. The summed E-state index contributed by atoms with van der Waals surface area (Å²) < 4.78 is 52.6. The summed E-state index contributed by atoms with van der Waals surface area (Å²) in [6, 6.07) is 5.58. The van der Waals surface area contributed by atoms with Crippen LogP contribution in [0.4, 0.5) is 23.7 Å². The number of carbonyl (C=O) groups excluding carboxylic acids is 1. The number of hydrogen-bond acceptors (Lipinski definition) is 4. The number of halogens is 3. The number of methoxy groups -OCH3 is 2. The molecule has 0 N–H and O–H groups in total. The number of anilines is 1. The zero-order valence-corrected chi connectivity index (χ0v) is 22.4. The highest BCUT2D eigenvalue weighted by Gasteiger charge is 2.56. The second kappa shape index (κ2) is 10.9. The van der Waals surface area contributed by atoms with E-state index in [2.05, 4.69) is 53.0 Å². The van der Waals surface area contributed by atoms with Crippen molar-refractivity contribution in [3.63, 3.8) is 0 Å². The van der Waals surface area contributed by atoms with E-state index in [0.29, 0.717) is 28.1 Å². The monoisotopic (exact) mass is 498 g/mol. The number of hydrogen-bond donors (Lipinski definition) is 0. The number of rotatable bonds is 6. The molecule has 0 radical (unpaired) electrons. The van der Waals surface area contributed by atoms with E-state index in [-0.39, 0.29) is 13.0 Å². The first-order valence-electron chi connectivity index (χ1n) is 11.6. The maximum absolute atomic E-state index is 14.2. The van der Waals surface area contributed by atoms with Crippen molar-refractivity contribution in [2.75, 3.05) is 25.7 Å². The van der Waals surface area contributed by atoms with Gasteiger partial charge < -0.3 is 14.4 Å². The van der Waals surface area contributed by atoms with Crippen molar-refractivity contribution in [1.29, 1.82) is 0 Å². The third-order valence-electron chi connectivity index (χ3n) is 6.95. The van der Waals surface area contributed by atoms with E-state index in [0.717, 1.165) is 12.0 Å². The lowest BCUT2D eigenvalue weighted by molar-refractivity contribution is -0.173.